The van der Waals surface area contributed by atoms with Gasteiger partial charge in [0.15, 0.2) is 0 Å². The summed E-state index contributed by atoms with van der Waals surface area (Å²) in [5.41, 5.74) is 2.84. The van der Waals surface area contributed by atoms with E-state index in [-0.39, 0.29) is 11.9 Å². The molecule has 0 aliphatic carbocycles. The van der Waals surface area contributed by atoms with Crippen molar-refractivity contribution in [1.82, 2.24) is 19.6 Å². The Morgan fingerprint density at radius 3 is 2.47 bits per heavy atom. The molecule has 188 valence electrons. The van der Waals surface area contributed by atoms with Crippen molar-refractivity contribution in [2.45, 2.75) is 20.1 Å². The van der Waals surface area contributed by atoms with Crippen LogP contribution in [0.5, 0.6) is 5.75 Å². The van der Waals surface area contributed by atoms with Gasteiger partial charge in [-0.1, -0.05) is 41.9 Å². The zero-order valence-corrected chi connectivity index (χ0v) is 21.3. The predicted molar refractivity (Wildman–Crippen MR) is 138 cm³/mol. The molecule has 8 nitrogen and oxygen atoms in total. The maximum absolute atomic E-state index is 13.0. The highest BCUT2D eigenvalue weighted by Gasteiger charge is 2.42. The van der Waals surface area contributed by atoms with Crippen LogP contribution >= 0.6 is 11.6 Å². The van der Waals surface area contributed by atoms with Crippen molar-refractivity contribution in [1.29, 1.82) is 0 Å². The average Bonchev–Trinajstić information content (AvgIpc) is 3.57. The number of fused-ring (bicyclic) bond motifs is 1. The minimum absolute atomic E-state index is 0.104. The predicted octanol–water partition coefficient (Wildman–Crippen LogP) is 4.13. The number of amides is 2. The van der Waals surface area contributed by atoms with Gasteiger partial charge in [0.2, 0.25) is 5.91 Å². The smallest absolute Gasteiger partial charge is 0.344 e. The molecule has 2 atom stereocenters. The van der Waals surface area contributed by atoms with E-state index >= 15 is 0 Å². The number of hydrogen-bond acceptors (Lipinski definition) is 5. The van der Waals surface area contributed by atoms with Crippen molar-refractivity contribution in [3.8, 4) is 5.75 Å². The second-order valence-corrected chi connectivity index (χ2v) is 10.1. The first-order valence-corrected chi connectivity index (χ1v) is 12.5. The molecule has 0 bridgehead atoms. The molecule has 2 aliphatic rings. The summed E-state index contributed by atoms with van der Waals surface area (Å²) in [5.74, 6) is 1.52. The second kappa shape index (κ2) is 10.3. The van der Waals surface area contributed by atoms with E-state index in [1.54, 1.807) is 19.4 Å². The number of ether oxygens (including phenoxy) is 1. The van der Waals surface area contributed by atoms with Crippen LogP contribution in [0.15, 0.2) is 60.9 Å². The van der Waals surface area contributed by atoms with Crippen LogP contribution in [0.2, 0.25) is 5.02 Å². The van der Waals surface area contributed by atoms with Gasteiger partial charge in [0.1, 0.15) is 12.4 Å². The first kappa shape index (κ1) is 24.3. The summed E-state index contributed by atoms with van der Waals surface area (Å²) in [7, 11) is 1.67. The van der Waals surface area contributed by atoms with Crippen LogP contribution in [-0.4, -0.2) is 64.7 Å². The number of benzene rings is 2. The highest BCUT2D eigenvalue weighted by molar-refractivity contribution is 6.30. The van der Waals surface area contributed by atoms with E-state index in [2.05, 4.69) is 16.1 Å². The van der Waals surface area contributed by atoms with Gasteiger partial charge in [-0.05, 0) is 41.2 Å². The van der Waals surface area contributed by atoms with Crippen molar-refractivity contribution < 1.29 is 14.3 Å². The summed E-state index contributed by atoms with van der Waals surface area (Å²) in [6, 6.07) is 15.8. The summed E-state index contributed by atoms with van der Waals surface area (Å²) in [6.45, 7) is 6.05. The quantitative estimate of drug-likeness (QED) is 0.501. The van der Waals surface area contributed by atoms with Crippen LogP contribution in [0.3, 0.4) is 0 Å². The molecule has 1 aromatic heterocycles. The molecule has 2 saturated heterocycles. The van der Waals surface area contributed by atoms with Crippen LogP contribution in [-0.2, 0) is 17.9 Å². The fourth-order valence-electron chi connectivity index (χ4n) is 5.09. The van der Waals surface area contributed by atoms with Crippen molar-refractivity contribution in [2.75, 3.05) is 38.1 Å². The number of nitrogens with zero attached hydrogens (tertiary/aromatic N) is 5. The molecular formula is C27H30ClN5O3. The normalized spacial score (nSPS) is 19.4. The first-order chi connectivity index (χ1) is 17.4. The van der Waals surface area contributed by atoms with Gasteiger partial charge >= 0.3 is 6.03 Å². The minimum atomic E-state index is -0.144. The molecule has 0 spiro atoms. The third-order valence-corrected chi connectivity index (χ3v) is 7.26. The number of carbonyl (C=O) groups is 2. The zero-order valence-electron chi connectivity index (χ0n) is 20.5. The van der Waals surface area contributed by atoms with Gasteiger partial charge in [-0.15, -0.1) is 0 Å². The maximum atomic E-state index is 13.0. The molecule has 9 heteroatoms. The van der Waals surface area contributed by atoms with Crippen LogP contribution in [0.1, 0.15) is 18.1 Å². The third kappa shape index (κ3) is 5.39. The molecule has 5 rings (SSSR count). The van der Waals surface area contributed by atoms with Crippen molar-refractivity contribution >= 4 is 29.2 Å². The van der Waals surface area contributed by atoms with Crippen LogP contribution < -0.4 is 9.64 Å². The van der Waals surface area contributed by atoms with Crippen molar-refractivity contribution in [2.24, 2.45) is 11.8 Å². The summed E-state index contributed by atoms with van der Waals surface area (Å²) in [6.07, 6.45) is 3.15. The Morgan fingerprint density at radius 1 is 1.06 bits per heavy atom. The molecule has 3 heterocycles. The van der Waals surface area contributed by atoms with E-state index in [4.69, 9.17) is 16.3 Å². The van der Waals surface area contributed by atoms with E-state index in [9.17, 15) is 9.59 Å². The topological polar surface area (TPSA) is 70.9 Å². The number of halogens is 1. The van der Waals surface area contributed by atoms with Gasteiger partial charge in [0, 0.05) is 51.7 Å². The first-order valence-electron chi connectivity index (χ1n) is 12.1. The lowest BCUT2D eigenvalue weighted by atomic mass is 10.0. The molecule has 2 fully saturated rings. The zero-order chi connectivity index (χ0) is 25.2. The minimum Gasteiger partial charge on any atom is -0.489 e. The Balaban J connectivity index is 1.15. The lowest BCUT2D eigenvalue weighted by Crippen LogP contribution is -2.36. The summed E-state index contributed by atoms with van der Waals surface area (Å²) in [4.78, 5) is 30.3. The lowest BCUT2D eigenvalue weighted by Gasteiger charge is -2.22. The van der Waals surface area contributed by atoms with Crippen LogP contribution in [0.25, 0.3) is 0 Å². The van der Waals surface area contributed by atoms with Crippen LogP contribution in [0.4, 0.5) is 10.5 Å². The maximum Gasteiger partial charge on any atom is 0.344 e. The molecule has 2 aliphatic heterocycles. The summed E-state index contributed by atoms with van der Waals surface area (Å²) in [5, 5.41) is 4.84. The van der Waals surface area contributed by atoms with Crippen molar-refractivity contribution in [3.63, 3.8) is 0 Å². The van der Waals surface area contributed by atoms with E-state index in [0.717, 1.165) is 36.5 Å². The molecule has 0 N–H and O–H groups in total. The van der Waals surface area contributed by atoms with Gasteiger partial charge in [0.25, 0.3) is 0 Å². The molecule has 2 amide bonds. The van der Waals surface area contributed by atoms with Gasteiger partial charge in [-0.3, -0.25) is 9.69 Å². The number of hydrogen-bond donors (Lipinski definition) is 0. The SMILES string of the molecule is CC(=O)N(C)c1cnn(C(=O)N2CC3CN(Cc4cc(Cl)cc(OCc5ccccc5)c4)CC3C2)c1. The molecular weight excluding hydrogens is 478 g/mol. The Hall–Kier alpha value is -3.36. The fourth-order valence-corrected chi connectivity index (χ4v) is 5.34. The van der Waals surface area contributed by atoms with Crippen molar-refractivity contribution in [3.05, 3.63) is 77.1 Å². The fraction of sp³-hybridized carbons (Fsp3) is 0.370. The van der Waals surface area contributed by atoms with Crippen LogP contribution in [0, 0.1) is 11.8 Å². The standard InChI is InChI=1S/C27H30ClN5O3/c1-19(34)30(2)25-11-29-33(17-25)27(35)32-15-22-13-31(14-23(22)16-32)12-21-8-24(28)10-26(9-21)36-18-20-6-4-3-5-7-20/h3-11,17,22-23H,12-16,18H2,1-2H3. The highest BCUT2D eigenvalue weighted by atomic mass is 35.5. The second-order valence-electron chi connectivity index (χ2n) is 9.69. The highest BCUT2D eigenvalue weighted by Crippen LogP contribution is 2.33. The Kier molecular flexibility index (Phi) is 6.98. The summed E-state index contributed by atoms with van der Waals surface area (Å²) < 4.78 is 7.32. The Bertz CT molecular complexity index is 1230. The third-order valence-electron chi connectivity index (χ3n) is 7.04. The Morgan fingerprint density at radius 2 is 1.78 bits per heavy atom. The van der Waals surface area contributed by atoms with Gasteiger partial charge in [0.05, 0.1) is 18.1 Å². The number of carbonyl (C=O) groups excluding carboxylic acids is 2. The molecule has 3 aromatic rings. The molecule has 2 aromatic carbocycles. The molecule has 0 radical (unpaired) electrons. The van der Waals surface area contributed by atoms with E-state index in [0.29, 0.717) is 42.2 Å². The van der Waals surface area contributed by atoms with Gasteiger partial charge in [-0.25, -0.2) is 4.79 Å². The number of anilines is 1. The average molecular weight is 508 g/mol. The molecule has 0 saturated carbocycles. The number of aromatic nitrogens is 2. The number of likely N-dealkylation sites (tertiary alicyclic amines) is 2. The number of rotatable bonds is 6. The largest absolute Gasteiger partial charge is 0.489 e. The molecule has 36 heavy (non-hydrogen) atoms. The molecule has 2 unspecified atom stereocenters. The van der Waals surface area contributed by atoms with Gasteiger partial charge < -0.3 is 14.5 Å². The van der Waals surface area contributed by atoms with E-state index in [1.165, 1.54) is 16.5 Å². The lowest BCUT2D eigenvalue weighted by molar-refractivity contribution is -0.116. The monoisotopic (exact) mass is 507 g/mol. The summed E-state index contributed by atoms with van der Waals surface area (Å²) >= 11 is 6.39. The van der Waals surface area contributed by atoms with E-state index < -0.39 is 0 Å². The van der Waals surface area contributed by atoms with Gasteiger partial charge in [-0.2, -0.15) is 9.78 Å². The van der Waals surface area contributed by atoms with E-state index in [1.807, 2.05) is 47.4 Å². The Labute approximate surface area is 216 Å².